The highest BCUT2D eigenvalue weighted by Gasteiger charge is 2.30. The molecule has 8 heteroatoms. The van der Waals surface area contributed by atoms with E-state index in [0.29, 0.717) is 43.3 Å². The number of carbonyl (C=O) groups excluding carboxylic acids is 2. The lowest BCUT2D eigenvalue weighted by Gasteiger charge is -2.34. The van der Waals surface area contributed by atoms with Crippen LogP contribution < -0.4 is 16.0 Å². The number of aliphatic hydroxyl groups excluding tert-OH is 1. The molecule has 0 aliphatic carbocycles. The van der Waals surface area contributed by atoms with Crippen LogP contribution in [0.5, 0.6) is 0 Å². The molecule has 0 aromatic carbocycles. The molecule has 2 amide bonds. The smallest absolute Gasteiger partial charge is 0.253 e. The molecule has 7 nitrogen and oxygen atoms in total. The van der Waals surface area contributed by atoms with Crippen molar-refractivity contribution in [2.45, 2.75) is 71.9 Å². The van der Waals surface area contributed by atoms with Crippen LogP contribution in [-0.4, -0.2) is 58.9 Å². The largest absolute Gasteiger partial charge is 0.391 e. The molecule has 0 saturated heterocycles. The van der Waals surface area contributed by atoms with Crippen LogP contribution >= 0.6 is 12.6 Å². The first-order valence-corrected chi connectivity index (χ1v) is 12.1. The number of thiol groups is 1. The Morgan fingerprint density at radius 3 is 2.56 bits per heavy atom. The maximum Gasteiger partial charge on any atom is 0.253 e. The third-order valence-electron chi connectivity index (χ3n) is 5.71. The van der Waals surface area contributed by atoms with E-state index in [1.165, 1.54) is 0 Å². The fourth-order valence-corrected chi connectivity index (χ4v) is 3.80. The van der Waals surface area contributed by atoms with Gasteiger partial charge in [-0.15, -0.1) is 0 Å². The van der Waals surface area contributed by atoms with Gasteiger partial charge in [0.15, 0.2) is 0 Å². The van der Waals surface area contributed by atoms with E-state index >= 15 is 0 Å². The number of aromatic nitrogens is 1. The predicted octanol–water partition coefficient (Wildman–Crippen LogP) is 2.81. The van der Waals surface area contributed by atoms with Gasteiger partial charge in [0.05, 0.1) is 11.7 Å². The van der Waals surface area contributed by atoms with E-state index in [9.17, 15) is 14.7 Å². The number of rotatable bonds is 15. The van der Waals surface area contributed by atoms with Crippen LogP contribution in [0.25, 0.3) is 0 Å². The standard InChI is InChI=1S/C24H42N4O3S/c1-18(8-10-24(4,5)28-22(31)19-7-6-11-25-16-19)15-23(2,3)20(29)17-26-12-9-21(30)27-13-14-32/h6-7,11,16,18,20,26,29,32H,8-10,12-15,17H2,1-5H3,(H,27,30)(H,28,31)/t18?,20-/m0/s1. The Kier molecular flexibility index (Phi) is 12.2. The molecule has 0 radical (unpaired) electrons. The van der Waals surface area contributed by atoms with Crippen molar-refractivity contribution < 1.29 is 14.7 Å². The summed E-state index contributed by atoms with van der Waals surface area (Å²) in [7, 11) is 0. The Bertz CT molecular complexity index is 698. The lowest BCUT2D eigenvalue weighted by Crippen LogP contribution is -2.44. The van der Waals surface area contributed by atoms with Gasteiger partial charge < -0.3 is 21.1 Å². The molecule has 1 aromatic heterocycles. The van der Waals surface area contributed by atoms with Crippen molar-refractivity contribution >= 4 is 24.4 Å². The number of carbonyl (C=O) groups is 2. The van der Waals surface area contributed by atoms with Crippen molar-refractivity contribution in [2.75, 3.05) is 25.4 Å². The first kappa shape index (κ1) is 28.4. The molecule has 0 fully saturated rings. The molecule has 2 atom stereocenters. The minimum Gasteiger partial charge on any atom is -0.391 e. The number of pyridine rings is 1. The second-order valence-electron chi connectivity index (χ2n) is 9.96. The van der Waals surface area contributed by atoms with Crippen LogP contribution in [0.3, 0.4) is 0 Å². The zero-order chi connectivity index (χ0) is 24.2. The van der Waals surface area contributed by atoms with Gasteiger partial charge >= 0.3 is 0 Å². The molecule has 1 unspecified atom stereocenters. The van der Waals surface area contributed by atoms with Crippen LogP contribution in [0.4, 0.5) is 0 Å². The van der Waals surface area contributed by atoms with E-state index in [4.69, 9.17) is 0 Å². The molecule has 0 aliphatic rings. The third kappa shape index (κ3) is 11.3. The summed E-state index contributed by atoms with van der Waals surface area (Å²) in [5.74, 6) is 0.892. The monoisotopic (exact) mass is 466 g/mol. The summed E-state index contributed by atoms with van der Waals surface area (Å²) in [5.41, 5.74) is -0.0346. The second kappa shape index (κ2) is 13.8. The molecule has 1 heterocycles. The molecule has 1 aromatic rings. The van der Waals surface area contributed by atoms with Crippen molar-refractivity contribution in [1.29, 1.82) is 0 Å². The molecule has 0 bridgehead atoms. The number of hydrogen-bond donors (Lipinski definition) is 5. The van der Waals surface area contributed by atoms with Gasteiger partial charge in [0.25, 0.3) is 5.91 Å². The second-order valence-corrected chi connectivity index (χ2v) is 10.4. The van der Waals surface area contributed by atoms with Crippen molar-refractivity contribution in [3.05, 3.63) is 30.1 Å². The summed E-state index contributed by atoms with van der Waals surface area (Å²) in [6.45, 7) is 12.0. The van der Waals surface area contributed by atoms with E-state index in [0.717, 1.165) is 19.3 Å². The maximum atomic E-state index is 12.4. The summed E-state index contributed by atoms with van der Waals surface area (Å²) < 4.78 is 0. The van der Waals surface area contributed by atoms with Gasteiger partial charge in [-0.1, -0.05) is 20.8 Å². The maximum absolute atomic E-state index is 12.4. The van der Waals surface area contributed by atoms with E-state index in [1.54, 1.807) is 24.5 Å². The molecule has 0 saturated carbocycles. The van der Waals surface area contributed by atoms with Crippen LogP contribution in [0.15, 0.2) is 24.5 Å². The fourth-order valence-electron chi connectivity index (χ4n) is 3.68. The molecule has 182 valence electrons. The predicted molar refractivity (Wildman–Crippen MR) is 133 cm³/mol. The highest BCUT2D eigenvalue weighted by atomic mass is 32.1. The average molecular weight is 467 g/mol. The normalized spacial score (nSPS) is 14.0. The fraction of sp³-hybridized carbons (Fsp3) is 0.708. The summed E-state index contributed by atoms with van der Waals surface area (Å²) >= 11 is 4.07. The minimum absolute atomic E-state index is 0.00726. The van der Waals surface area contributed by atoms with E-state index in [1.807, 2.05) is 13.8 Å². The van der Waals surface area contributed by atoms with E-state index in [-0.39, 0.29) is 22.8 Å². The van der Waals surface area contributed by atoms with Crippen molar-refractivity contribution in [3.63, 3.8) is 0 Å². The molecule has 4 N–H and O–H groups in total. The molecule has 0 spiro atoms. The summed E-state index contributed by atoms with van der Waals surface area (Å²) in [6.07, 6.45) is 5.74. The first-order chi connectivity index (χ1) is 15.0. The van der Waals surface area contributed by atoms with Gasteiger partial charge in [-0.3, -0.25) is 14.6 Å². The van der Waals surface area contributed by atoms with Gasteiger partial charge in [0.2, 0.25) is 5.91 Å². The average Bonchev–Trinajstić information content (AvgIpc) is 2.73. The van der Waals surface area contributed by atoms with Gasteiger partial charge in [0, 0.05) is 49.7 Å². The van der Waals surface area contributed by atoms with Crippen LogP contribution in [0.1, 0.15) is 70.7 Å². The van der Waals surface area contributed by atoms with Gasteiger partial charge in [-0.25, -0.2) is 0 Å². The highest BCUT2D eigenvalue weighted by molar-refractivity contribution is 7.80. The highest BCUT2D eigenvalue weighted by Crippen LogP contribution is 2.32. The number of nitrogens with one attached hydrogen (secondary N) is 3. The van der Waals surface area contributed by atoms with Crippen LogP contribution in [-0.2, 0) is 4.79 Å². The number of aliphatic hydroxyl groups is 1. The van der Waals surface area contributed by atoms with Gasteiger partial charge in [-0.05, 0) is 56.6 Å². The van der Waals surface area contributed by atoms with Crippen molar-refractivity contribution in [1.82, 2.24) is 20.9 Å². The summed E-state index contributed by atoms with van der Waals surface area (Å²) in [5, 5.41) is 19.7. The number of hydrogen-bond acceptors (Lipinski definition) is 6. The Labute approximate surface area is 199 Å². The van der Waals surface area contributed by atoms with E-state index in [2.05, 4.69) is 54.3 Å². The lowest BCUT2D eigenvalue weighted by atomic mass is 9.76. The quantitative estimate of drug-likeness (QED) is 0.202. The first-order valence-electron chi connectivity index (χ1n) is 11.5. The topological polar surface area (TPSA) is 103 Å². The van der Waals surface area contributed by atoms with E-state index < -0.39 is 6.10 Å². The summed E-state index contributed by atoms with van der Waals surface area (Å²) in [6, 6.07) is 3.51. The van der Waals surface area contributed by atoms with Gasteiger partial charge in [-0.2, -0.15) is 12.6 Å². The zero-order valence-corrected chi connectivity index (χ0v) is 21.2. The summed E-state index contributed by atoms with van der Waals surface area (Å²) in [4.78, 5) is 28.0. The Balaban J connectivity index is 2.38. The Morgan fingerprint density at radius 2 is 1.94 bits per heavy atom. The van der Waals surface area contributed by atoms with Crippen molar-refractivity contribution in [3.8, 4) is 0 Å². The van der Waals surface area contributed by atoms with Crippen LogP contribution in [0.2, 0.25) is 0 Å². The van der Waals surface area contributed by atoms with Crippen LogP contribution in [0, 0.1) is 11.3 Å². The number of nitrogens with zero attached hydrogens (tertiary/aromatic N) is 1. The number of amides is 2. The van der Waals surface area contributed by atoms with Gasteiger partial charge in [0.1, 0.15) is 0 Å². The lowest BCUT2D eigenvalue weighted by molar-refractivity contribution is -0.120. The Morgan fingerprint density at radius 1 is 1.22 bits per heavy atom. The molecular formula is C24H42N4O3S. The SMILES string of the molecule is CC(CCC(C)(C)NC(=O)c1cccnc1)CC(C)(C)[C@@H](O)CNCCC(=O)NCCS. The van der Waals surface area contributed by atoms with Crippen molar-refractivity contribution in [2.24, 2.45) is 11.3 Å². The molecule has 32 heavy (non-hydrogen) atoms. The molecular weight excluding hydrogens is 424 g/mol. The third-order valence-corrected chi connectivity index (χ3v) is 5.94. The molecule has 1 rings (SSSR count). The molecule has 0 aliphatic heterocycles. The Hall–Kier alpha value is -1.64. The zero-order valence-electron chi connectivity index (χ0n) is 20.3. The minimum atomic E-state index is -0.510.